The molecule has 25 heavy (non-hydrogen) atoms. The van der Waals surface area contributed by atoms with Crippen molar-refractivity contribution in [1.29, 1.82) is 0 Å². The largest absolute Gasteiger partial charge is 0.341 e. The molecule has 1 N–H and O–H groups in total. The lowest BCUT2D eigenvalue weighted by Crippen LogP contribution is -2.30. The van der Waals surface area contributed by atoms with E-state index in [1.165, 1.54) is 5.56 Å². The first-order valence-electron chi connectivity index (χ1n) is 9.26. The quantitative estimate of drug-likeness (QED) is 0.727. The summed E-state index contributed by atoms with van der Waals surface area (Å²) >= 11 is 0. The van der Waals surface area contributed by atoms with Gasteiger partial charge in [-0.1, -0.05) is 27.2 Å². The molecular weight excluding hydrogens is 310 g/mol. The van der Waals surface area contributed by atoms with Gasteiger partial charge in [0.05, 0.1) is 5.69 Å². The number of hydrogen-bond donors (Lipinski definition) is 1. The van der Waals surface area contributed by atoms with Gasteiger partial charge in [-0.05, 0) is 50.3 Å². The number of anilines is 3. The molecule has 2 rings (SSSR count). The summed E-state index contributed by atoms with van der Waals surface area (Å²) in [4.78, 5) is 16.1. The van der Waals surface area contributed by atoms with Crippen molar-refractivity contribution in [1.82, 2.24) is 15.0 Å². The minimum absolute atomic E-state index is 0.390. The van der Waals surface area contributed by atoms with E-state index < -0.39 is 0 Å². The first-order valence-corrected chi connectivity index (χ1v) is 9.26. The molecule has 0 aliphatic heterocycles. The van der Waals surface area contributed by atoms with Crippen LogP contribution in [-0.4, -0.2) is 28.0 Å². The van der Waals surface area contributed by atoms with Crippen molar-refractivity contribution in [3.05, 3.63) is 35.7 Å². The summed E-state index contributed by atoms with van der Waals surface area (Å²) in [6.07, 6.45) is 5.12. The molecule has 5 nitrogen and oxygen atoms in total. The van der Waals surface area contributed by atoms with Crippen LogP contribution in [0, 0.1) is 6.92 Å². The third kappa shape index (κ3) is 5.15. The molecule has 2 aromatic rings. The average molecular weight is 342 g/mol. The smallest absolute Gasteiger partial charge is 0.227 e. The molecule has 0 spiro atoms. The van der Waals surface area contributed by atoms with Gasteiger partial charge in [0.15, 0.2) is 0 Å². The van der Waals surface area contributed by atoms with E-state index in [0.717, 1.165) is 42.5 Å². The molecule has 136 valence electrons. The van der Waals surface area contributed by atoms with Crippen molar-refractivity contribution in [2.24, 2.45) is 0 Å². The Labute approximate surface area is 151 Å². The van der Waals surface area contributed by atoms with Gasteiger partial charge in [-0.25, -0.2) is 9.97 Å². The summed E-state index contributed by atoms with van der Waals surface area (Å²) in [6, 6.07) is 6.46. The zero-order valence-corrected chi connectivity index (χ0v) is 16.4. The van der Waals surface area contributed by atoms with E-state index in [1.807, 2.05) is 18.3 Å². The van der Waals surface area contributed by atoms with Gasteiger partial charge in [0.2, 0.25) is 5.95 Å². The molecule has 0 fully saturated rings. The van der Waals surface area contributed by atoms with Crippen LogP contribution in [0.5, 0.6) is 0 Å². The van der Waals surface area contributed by atoms with Crippen LogP contribution < -0.4 is 10.2 Å². The lowest BCUT2D eigenvalue weighted by molar-refractivity contribution is 0.625. The Hall–Kier alpha value is -2.17. The Kier molecular flexibility index (Phi) is 6.73. The van der Waals surface area contributed by atoms with Crippen LogP contribution in [-0.2, 0) is 0 Å². The normalized spacial score (nSPS) is 13.4. The molecule has 5 heteroatoms. The number of hydrogen-bond acceptors (Lipinski definition) is 5. The van der Waals surface area contributed by atoms with Crippen LogP contribution in [0.4, 0.5) is 17.6 Å². The van der Waals surface area contributed by atoms with E-state index in [4.69, 9.17) is 9.97 Å². The molecular formula is C20H31N5. The third-order valence-corrected chi connectivity index (χ3v) is 4.70. The second kappa shape index (κ2) is 8.79. The highest BCUT2D eigenvalue weighted by Gasteiger charge is 2.16. The number of aromatic nitrogens is 3. The summed E-state index contributed by atoms with van der Waals surface area (Å²) in [7, 11) is 2.06. The molecule has 2 aromatic heterocycles. The van der Waals surface area contributed by atoms with E-state index >= 15 is 0 Å². The lowest BCUT2D eigenvalue weighted by Gasteiger charge is -2.25. The van der Waals surface area contributed by atoms with Crippen LogP contribution in [0.1, 0.15) is 64.1 Å². The van der Waals surface area contributed by atoms with Crippen LogP contribution in [0.2, 0.25) is 0 Å². The standard InChI is InChI=1S/C20H31N5/c1-7-9-15(4)17-13-19(23-18-12-14(3)10-11-21-18)24-20(22-17)25(6)16(5)8-2/h10-13,15-16H,7-9H2,1-6H3,(H,21,22,23,24). The predicted molar refractivity (Wildman–Crippen MR) is 106 cm³/mol. The van der Waals surface area contributed by atoms with E-state index in [0.29, 0.717) is 12.0 Å². The number of nitrogens with one attached hydrogen (secondary N) is 1. The van der Waals surface area contributed by atoms with Crippen molar-refractivity contribution in [2.45, 2.75) is 65.8 Å². The molecule has 0 aliphatic rings. The van der Waals surface area contributed by atoms with Gasteiger partial charge in [0, 0.05) is 25.4 Å². The van der Waals surface area contributed by atoms with Crippen molar-refractivity contribution >= 4 is 17.6 Å². The number of nitrogens with zero attached hydrogens (tertiary/aromatic N) is 4. The van der Waals surface area contributed by atoms with E-state index in [1.54, 1.807) is 0 Å². The molecule has 0 saturated heterocycles. The minimum Gasteiger partial charge on any atom is -0.341 e. The van der Waals surface area contributed by atoms with Crippen molar-refractivity contribution in [3.63, 3.8) is 0 Å². The van der Waals surface area contributed by atoms with Crippen LogP contribution in [0.25, 0.3) is 0 Å². The van der Waals surface area contributed by atoms with Crippen molar-refractivity contribution < 1.29 is 0 Å². The molecule has 0 aliphatic carbocycles. The molecule has 2 atom stereocenters. The van der Waals surface area contributed by atoms with Crippen LogP contribution in [0.3, 0.4) is 0 Å². The van der Waals surface area contributed by atoms with E-state index in [9.17, 15) is 0 Å². The van der Waals surface area contributed by atoms with Gasteiger partial charge in [-0.15, -0.1) is 0 Å². The molecule has 0 bridgehead atoms. The number of pyridine rings is 1. The fourth-order valence-electron chi connectivity index (χ4n) is 2.71. The number of rotatable bonds is 8. The zero-order valence-electron chi connectivity index (χ0n) is 16.4. The molecule has 0 saturated carbocycles. The second-order valence-electron chi connectivity index (χ2n) is 6.88. The van der Waals surface area contributed by atoms with Gasteiger partial charge in [0.25, 0.3) is 0 Å². The summed E-state index contributed by atoms with van der Waals surface area (Å²) < 4.78 is 0. The Balaban J connectivity index is 2.38. The maximum Gasteiger partial charge on any atom is 0.227 e. The SMILES string of the molecule is CCCC(C)c1cc(Nc2cc(C)ccn2)nc(N(C)C(C)CC)n1. The Morgan fingerprint density at radius 1 is 1.12 bits per heavy atom. The number of aryl methyl sites for hydroxylation is 1. The summed E-state index contributed by atoms with van der Waals surface area (Å²) in [6.45, 7) is 10.9. The van der Waals surface area contributed by atoms with Gasteiger partial charge >= 0.3 is 0 Å². The zero-order chi connectivity index (χ0) is 18.4. The van der Waals surface area contributed by atoms with Crippen LogP contribution >= 0.6 is 0 Å². The molecule has 0 aromatic carbocycles. The van der Waals surface area contributed by atoms with E-state index in [2.05, 4.69) is 62.9 Å². The van der Waals surface area contributed by atoms with Gasteiger partial charge in [-0.3, -0.25) is 0 Å². The topological polar surface area (TPSA) is 53.9 Å². The van der Waals surface area contributed by atoms with Crippen molar-refractivity contribution in [2.75, 3.05) is 17.3 Å². The highest BCUT2D eigenvalue weighted by atomic mass is 15.3. The monoisotopic (exact) mass is 341 g/mol. The fourth-order valence-corrected chi connectivity index (χ4v) is 2.71. The Morgan fingerprint density at radius 3 is 2.52 bits per heavy atom. The maximum atomic E-state index is 4.83. The average Bonchev–Trinajstić information content (AvgIpc) is 2.60. The van der Waals surface area contributed by atoms with E-state index in [-0.39, 0.29) is 0 Å². The van der Waals surface area contributed by atoms with Crippen molar-refractivity contribution in [3.8, 4) is 0 Å². The lowest BCUT2D eigenvalue weighted by atomic mass is 10.0. The summed E-state index contributed by atoms with van der Waals surface area (Å²) in [5, 5.41) is 3.35. The summed E-state index contributed by atoms with van der Waals surface area (Å²) in [5.74, 6) is 2.79. The highest BCUT2D eigenvalue weighted by Crippen LogP contribution is 2.25. The fraction of sp³-hybridized carbons (Fsp3) is 0.550. The Morgan fingerprint density at radius 2 is 1.88 bits per heavy atom. The highest BCUT2D eigenvalue weighted by molar-refractivity contribution is 5.55. The molecule has 0 radical (unpaired) electrons. The third-order valence-electron chi connectivity index (χ3n) is 4.70. The first-order chi connectivity index (χ1) is 11.9. The van der Waals surface area contributed by atoms with Gasteiger partial charge < -0.3 is 10.2 Å². The van der Waals surface area contributed by atoms with Crippen LogP contribution in [0.15, 0.2) is 24.4 Å². The predicted octanol–water partition coefficient (Wildman–Crippen LogP) is 5.06. The molecule has 0 amide bonds. The van der Waals surface area contributed by atoms with Gasteiger partial charge in [-0.2, -0.15) is 4.98 Å². The second-order valence-corrected chi connectivity index (χ2v) is 6.88. The maximum absolute atomic E-state index is 4.83. The molecule has 2 unspecified atom stereocenters. The summed E-state index contributed by atoms with van der Waals surface area (Å²) in [5.41, 5.74) is 2.25. The first kappa shape index (κ1) is 19.2. The Bertz CT molecular complexity index is 686. The minimum atomic E-state index is 0.390. The molecule has 2 heterocycles. The van der Waals surface area contributed by atoms with Gasteiger partial charge in [0.1, 0.15) is 11.6 Å².